The summed E-state index contributed by atoms with van der Waals surface area (Å²) in [5.74, 6) is -0.290. The average Bonchev–Trinajstić information content (AvgIpc) is 3.40. The summed E-state index contributed by atoms with van der Waals surface area (Å²) in [5, 5.41) is 120. The largest absolute Gasteiger partial charge is 0.394 e. The van der Waals surface area contributed by atoms with Crippen molar-refractivity contribution >= 4 is 5.91 Å². The van der Waals surface area contributed by atoms with Crippen LogP contribution in [-0.4, -0.2) is 193 Å². The van der Waals surface area contributed by atoms with E-state index in [1.165, 1.54) is 44.9 Å². The number of aliphatic hydroxyl groups is 11. The van der Waals surface area contributed by atoms with Crippen molar-refractivity contribution < 1.29 is 89.4 Å². The van der Waals surface area contributed by atoms with Crippen LogP contribution in [0.5, 0.6) is 0 Å². The lowest BCUT2D eigenvalue weighted by atomic mass is 9.96. The van der Waals surface area contributed by atoms with Gasteiger partial charge in [0.1, 0.15) is 73.2 Å². The van der Waals surface area contributed by atoms with Crippen LogP contribution >= 0.6 is 0 Å². The van der Waals surface area contributed by atoms with Crippen LogP contribution in [-0.2, 0) is 33.2 Å². The molecule has 0 aromatic carbocycles. The van der Waals surface area contributed by atoms with Gasteiger partial charge in [-0.15, -0.1) is 0 Å². The second kappa shape index (κ2) is 39.2. The Kier molecular flexibility index (Phi) is 34.9. The fourth-order valence-electron chi connectivity index (χ4n) is 9.26. The summed E-state index contributed by atoms with van der Waals surface area (Å²) in [6.07, 6.45) is 13.8. The molecule has 74 heavy (non-hydrogen) atoms. The molecular weight excluding hydrogens is 963 g/mol. The van der Waals surface area contributed by atoms with Crippen molar-refractivity contribution in [2.24, 2.45) is 0 Å². The molecule has 3 aliphatic rings. The van der Waals surface area contributed by atoms with Gasteiger partial charge in [-0.25, -0.2) is 0 Å². The molecule has 0 radical (unpaired) electrons. The number of hydrogen-bond donors (Lipinski definition) is 12. The number of hydrogen-bond acceptors (Lipinski definition) is 18. The van der Waals surface area contributed by atoms with Crippen LogP contribution in [0.3, 0.4) is 0 Å². The first-order valence-electron chi connectivity index (χ1n) is 27.9. The molecule has 1 amide bonds. The van der Waals surface area contributed by atoms with Gasteiger partial charge >= 0.3 is 0 Å². The van der Waals surface area contributed by atoms with Crippen LogP contribution in [0.1, 0.15) is 162 Å². The van der Waals surface area contributed by atoms with Crippen molar-refractivity contribution in [2.75, 3.05) is 26.4 Å². The first-order chi connectivity index (χ1) is 35.8. The monoisotopic (exact) mass is 1060 g/mol. The fraction of sp³-hybridized carbons (Fsp3) is 0.836. The zero-order chi connectivity index (χ0) is 54.1. The molecule has 3 fully saturated rings. The smallest absolute Gasteiger partial charge is 0.220 e. The third-order valence-corrected chi connectivity index (χ3v) is 13.9. The van der Waals surface area contributed by atoms with Crippen molar-refractivity contribution in [3.05, 3.63) is 48.6 Å². The van der Waals surface area contributed by atoms with Crippen molar-refractivity contribution in [2.45, 2.75) is 266 Å². The van der Waals surface area contributed by atoms with Gasteiger partial charge in [-0.1, -0.05) is 152 Å². The summed E-state index contributed by atoms with van der Waals surface area (Å²) in [5.41, 5.74) is 0. The summed E-state index contributed by atoms with van der Waals surface area (Å²) in [7, 11) is 0. The van der Waals surface area contributed by atoms with E-state index in [0.29, 0.717) is 6.42 Å². The predicted octanol–water partition coefficient (Wildman–Crippen LogP) is 3.53. The first kappa shape index (κ1) is 66.0. The maximum atomic E-state index is 13.3. The van der Waals surface area contributed by atoms with Crippen LogP contribution in [0, 0.1) is 0 Å². The van der Waals surface area contributed by atoms with Crippen molar-refractivity contribution in [3.63, 3.8) is 0 Å². The van der Waals surface area contributed by atoms with E-state index in [9.17, 15) is 61.0 Å². The van der Waals surface area contributed by atoms with E-state index in [0.717, 1.165) is 89.9 Å². The van der Waals surface area contributed by atoms with Gasteiger partial charge in [0.05, 0.1) is 38.6 Å². The maximum Gasteiger partial charge on any atom is 0.220 e. The van der Waals surface area contributed by atoms with Gasteiger partial charge in [0.2, 0.25) is 5.91 Å². The number of nitrogens with one attached hydrogen (secondary N) is 1. The fourth-order valence-corrected chi connectivity index (χ4v) is 9.26. The minimum Gasteiger partial charge on any atom is -0.394 e. The number of rotatable bonds is 39. The molecule has 3 saturated heterocycles. The molecule has 0 aromatic rings. The zero-order valence-corrected chi connectivity index (χ0v) is 44.3. The number of carbonyl (C=O) groups is 1. The Bertz CT molecular complexity index is 1550. The number of amides is 1. The Balaban J connectivity index is 1.53. The molecule has 430 valence electrons. The van der Waals surface area contributed by atoms with Gasteiger partial charge < -0.3 is 89.9 Å². The lowest BCUT2D eigenvalue weighted by molar-refractivity contribution is -0.379. The Hall–Kier alpha value is -2.25. The molecule has 0 bridgehead atoms. The van der Waals surface area contributed by atoms with E-state index in [1.807, 2.05) is 6.08 Å². The quantitative estimate of drug-likeness (QED) is 0.0310. The highest BCUT2D eigenvalue weighted by molar-refractivity contribution is 5.76. The topological polar surface area (TPSA) is 307 Å². The van der Waals surface area contributed by atoms with Crippen LogP contribution < -0.4 is 5.32 Å². The van der Waals surface area contributed by atoms with E-state index in [1.54, 1.807) is 6.08 Å². The highest BCUT2D eigenvalue weighted by Crippen LogP contribution is 2.33. The van der Waals surface area contributed by atoms with Crippen molar-refractivity contribution in [1.29, 1.82) is 0 Å². The van der Waals surface area contributed by atoms with E-state index < -0.39 is 124 Å². The highest BCUT2D eigenvalue weighted by atomic mass is 16.8. The minimum absolute atomic E-state index is 0.230. The minimum atomic E-state index is -1.98. The summed E-state index contributed by atoms with van der Waals surface area (Å²) < 4.78 is 34.1. The maximum absolute atomic E-state index is 13.3. The van der Waals surface area contributed by atoms with Crippen LogP contribution in [0.15, 0.2) is 48.6 Å². The van der Waals surface area contributed by atoms with Crippen molar-refractivity contribution in [3.8, 4) is 0 Å². The summed E-state index contributed by atoms with van der Waals surface area (Å²) >= 11 is 0. The van der Waals surface area contributed by atoms with Gasteiger partial charge in [-0.05, 0) is 51.4 Å². The molecule has 0 aromatic heterocycles. The summed E-state index contributed by atoms with van der Waals surface area (Å²) in [4.78, 5) is 13.3. The molecule has 17 atom stereocenters. The predicted molar refractivity (Wildman–Crippen MR) is 277 cm³/mol. The van der Waals surface area contributed by atoms with Gasteiger partial charge in [-0.3, -0.25) is 4.79 Å². The molecule has 0 saturated carbocycles. The van der Waals surface area contributed by atoms with E-state index in [4.69, 9.17) is 28.4 Å². The number of ether oxygens (including phenoxy) is 6. The number of allylic oxidation sites excluding steroid dienone is 7. The van der Waals surface area contributed by atoms with Crippen LogP contribution in [0.4, 0.5) is 0 Å². The molecule has 0 spiro atoms. The average molecular weight is 1060 g/mol. The number of unbranched alkanes of at least 4 members (excludes halogenated alkanes) is 17. The highest BCUT2D eigenvalue weighted by Gasteiger charge is 2.53. The summed E-state index contributed by atoms with van der Waals surface area (Å²) in [6.45, 7) is 1.56. The second-order valence-corrected chi connectivity index (χ2v) is 20.0. The van der Waals surface area contributed by atoms with Crippen LogP contribution in [0.25, 0.3) is 0 Å². The van der Waals surface area contributed by atoms with Crippen molar-refractivity contribution in [1.82, 2.24) is 5.32 Å². The molecule has 3 heterocycles. The SMILES string of the molecule is CC/C=C\C/C=C\C/C=C\CCCCCCCCCC(=O)NC(COC1OC(CO)C(OC2OC(CO)C(OC3OC(CO)C(O)C(O)C3O)C(O)C2O)C(O)C1O)C(O)/C=C/CCCCCCCCCCCC. The lowest BCUT2D eigenvalue weighted by Crippen LogP contribution is -2.66. The number of aliphatic hydroxyl groups excluding tert-OH is 11. The number of carbonyl (C=O) groups excluding carboxylic acids is 1. The molecule has 19 nitrogen and oxygen atoms in total. The Morgan fingerprint density at radius 2 is 0.932 bits per heavy atom. The summed E-state index contributed by atoms with van der Waals surface area (Å²) in [6, 6.07) is -0.977. The third kappa shape index (κ3) is 23.8. The Labute approximate surface area is 440 Å². The second-order valence-electron chi connectivity index (χ2n) is 20.0. The normalized spacial score (nSPS) is 31.8. The molecular formula is C55H97NO18. The van der Waals surface area contributed by atoms with Gasteiger partial charge in [0.15, 0.2) is 18.9 Å². The third-order valence-electron chi connectivity index (χ3n) is 13.9. The molecule has 17 unspecified atom stereocenters. The molecule has 0 aliphatic carbocycles. The molecule has 3 aliphatic heterocycles. The molecule has 19 heteroatoms. The zero-order valence-electron chi connectivity index (χ0n) is 44.3. The van der Waals surface area contributed by atoms with E-state index in [-0.39, 0.29) is 18.9 Å². The Morgan fingerprint density at radius 3 is 1.46 bits per heavy atom. The molecule has 3 rings (SSSR count). The van der Waals surface area contributed by atoms with Gasteiger partial charge in [0, 0.05) is 6.42 Å². The first-order valence-corrected chi connectivity index (χ1v) is 27.9. The van der Waals surface area contributed by atoms with E-state index >= 15 is 0 Å². The Morgan fingerprint density at radius 1 is 0.500 bits per heavy atom. The standard InChI is InChI=1S/C55H97NO18/c1-3-5-7-9-11-13-15-17-18-19-20-21-23-25-27-29-31-33-43(61)56-38(39(60)32-30-28-26-24-22-16-14-12-10-8-6-4-2)37-69-53-49(67)46(64)51(41(35-58)71-53)74-55-50(68)47(65)52(42(36-59)72-55)73-54-48(66)45(63)44(62)40(34-57)70-54/h5,7,11,13,17-18,30,32,38-42,44-55,57-60,62-68H,3-4,6,8-10,12,14-16,19-29,31,33-37H2,1-2H3,(H,56,61)/b7-5-,13-11-,18-17-,32-30+. The van der Waals surface area contributed by atoms with E-state index in [2.05, 4.69) is 55.6 Å². The lowest BCUT2D eigenvalue weighted by Gasteiger charge is -2.48. The molecule has 12 N–H and O–H groups in total. The van der Waals surface area contributed by atoms with Crippen LogP contribution in [0.2, 0.25) is 0 Å². The van der Waals surface area contributed by atoms with Gasteiger partial charge in [-0.2, -0.15) is 0 Å². The van der Waals surface area contributed by atoms with Gasteiger partial charge in [0.25, 0.3) is 0 Å².